The summed E-state index contributed by atoms with van der Waals surface area (Å²) in [4.78, 5) is 8.22. The van der Waals surface area contributed by atoms with Gasteiger partial charge in [-0.05, 0) is 12.8 Å². The second-order valence-corrected chi connectivity index (χ2v) is 4.45. The lowest BCUT2D eigenvalue weighted by molar-refractivity contribution is 0.584. The van der Waals surface area contributed by atoms with E-state index in [9.17, 15) is 0 Å². The molecule has 0 aliphatic heterocycles. The molecule has 0 aromatic carbocycles. The molecule has 0 aliphatic rings. The van der Waals surface area contributed by atoms with Gasteiger partial charge in [-0.25, -0.2) is 9.97 Å². The van der Waals surface area contributed by atoms with Crippen LogP contribution in [-0.4, -0.2) is 30.4 Å². The van der Waals surface area contributed by atoms with Crippen LogP contribution in [-0.2, 0) is 12.8 Å². The predicted octanol–water partition coefficient (Wildman–Crippen LogP) is 2.05. The van der Waals surface area contributed by atoms with Crippen LogP contribution in [0.2, 0.25) is 0 Å². The molecule has 0 fully saturated rings. The lowest BCUT2D eigenvalue weighted by Crippen LogP contribution is -1.90. The van der Waals surface area contributed by atoms with Crippen LogP contribution in [0.25, 0.3) is 0 Å². The minimum atomic E-state index is 0.930. The molecule has 0 radical (unpaired) electrons. The molecule has 0 atom stereocenters. The summed E-state index contributed by atoms with van der Waals surface area (Å²) in [6.07, 6.45) is 12.7. The maximum absolute atomic E-state index is 4.11. The second-order valence-electron chi connectivity index (χ2n) is 4.45. The van der Waals surface area contributed by atoms with Gasteiger partial charge >= 0.3 is 0 Å². The van der Waals surface area contributed by atoms with E-state index in [-0.39, 0.29) is 0 Å². The maximum atomic E-state index is 4.11. The first-order chi connectivity index (χ1) is 8.95. The van der Waals surface area contributed by atoms with E-state index >= 15 is 0 Å². The lowest BCUT2D eigenvalue weighted by atomic mass is 10.1. The summed E-state index contributed by atoms with van der Waals surface area (Å²) in [5, 5.41) is 13.6. The topological polar surface area (TPSA) is 83.1 Å². The van der Waals surface area contributed by atoms with Crippen molar-refractivity contribution < 1.29 is 0 Å². The van der Waals surface area contributed by atoms with Crippen LogP contribution in [0.1, 0.15) is 50.2 Å². The van der Waals surface area contributed by atoms with Gasteiger partial charge in [0.05, 0.1) is 0 Å². The Morgan fingerprint density at radius 3 is 1.50 bits per heavy atom. The van der Waals surface area contributed by atoms with Crippen molar-refractivity contribution in [2.75, 3.05) is 0 Å². The summed E-state index contributed by atoms with van der Waals surface area (Å²) in [5.41, 5.74) is 0. The summed E-state index contributed by atoms with van der Waals surface area (Å²) in [6, 6.07) is 0. The average molecular weight is 248 g/mol. The molecular weight excluding hydrogens is 228 g/mol. The zero-order chi connectivity index (χ0) is 12.5. The molecule has 6 nitrogen and oxygen atoms in total. The Balaban J connectivity index is 1.40. The van der Waals surface area contributed by atoms with E-state index in [1.54, 1.807) is 12.7 Å². The van der Waals surface area contributed by atoms with Crippen molar-refractivity contribution >= 4 is 0 Å². The SMILES string of the molecule is c1nc(CCCCCCCCc2nc[nH]n2)n[nH]1. The monoisotopic (exact) mass is 248 g/mol. The molecule has 18 heavy (non-hydrogen) atoms. The first kappa shape index (κ1) is 12.7. The molecule has 98 valence electrons. The predicted molar refractivity (Wildman–Crippen MR) is 67.9 cm³/mol. The fourth-order valence-corrected chi connectivity index (χ4v) is 1.99. The third-order valence-corrected chi connectivity index (χ3v) is 2.98. The van der Waals surface area contributed by atoms with E-state index in [1.165, 1.54) is 38.5 Å². The lowest BCUT2D eigenvalue weighted by Gasteiger charge is -1.99. The summed E-state index contributed by atoms with van der Waals surface area (Å²) in [5.74, 6) is 1.86. The van der Waals surface area contributed by atoms with Crippen molar-refractivity contribution in [1.82, 2.24) is 30.4 Å². The highest BCUT2D eigenvalue weighted by Crippen LogP contribution is 2.08. The Morgan fingerprint density at radius 2 is 1.11 bits per heavy atom. The van der Waals surface area contributed by atoms with Crippen LogP contribution in [0.4, 0.5) is 0 Å². The Labute approximate surface area is 107 Å². The minimum Gasteiger partial charge on any atom is -0.266 e. The number of hydrogen-bond donors (Lipinski definition) is 2. The largest absolute Gasteiger partial charge is 0.266 e. The minimum absolute atomic E-state index is 0.930. The van der Waals surface area contributed by atoms with Gasteiger partial charge in [0.2, 0.25) is 0 Å². The summed E-state index contributed by atoms with van der Waals surface area (Å²) >= 11 is 0. The number of aromatic nitrogens is 6. The number of hydrogen-bond acceptors (Lipinski definition) is 4. The Hall–Kier alpha value is -1.72. The molecule has 0 amide bonds. The molecule has 2 aromatic rings. The highest BCUT2D eigenvalue weighted by molar-refractivity contribution is 4.80. The van der Waals surface area contributed by atoms with Gasteiger partial charge in [0.1, 0.15) is 24.3 Å². The molecule has 0 saturated heterocycles. The summed E-state index contributed by atoms with van der Waals surface area (Å²) in [6.45, 7) is 0. The average Bonchev–Trinajstić information content (AvgIpc) is 3.05. The highest BCUT2D eigenvalue weighted by atomic mass is 15.2. The fourth-order valence-electron chi connectivity index (χ4n) is 1.99. The van der Waals surface area contributed by atoms with Crippen molar-refractivity contribution in [1.29, 1.82) is 0 Å². The van der Waals surface area contributed by atoms with E-state index in [2.05, 4.69) is 30.4 Å². The van der Waals surface area contributed by atoms with Gasteiger partial charge in [-0.1, -0.05) is 25.7 Å². The molecule has 2 rings (SSSR count). The van der Waals surface area contributed by atoms with Crippen LogP contribution in [0.5, 0.6) is 0 Å². The first-order valence-electron chi connectivity index (χ1n) is 6.64. The molecule has 2 N–H and O–H groups in total. The molecule has 0 saturated carbocycles. The van der Waals surface area contributed by atoms with Crippen molar-refractivity contribution in [3.8, 4) is 0 Å². The number of aromatic amines is 2. The number of H-pyrrole nitrogens is 2. The summed E-state index contributed by atoms with van der Waals surface area (Å²) in [7, 11) is 0. The summed E-state index contributed by atoms with van der Waals surface area (Å²) < 4.78 is 0. The van der Waals surface area contributed by atoms with Gasteiger partial charge in [-0.15, -0.1) is 0 Å². The van der Waals surface area contributed by atoms with Crippen LogP contribution in [0.3, 0.4) is 0 Å². The van der Waals surface area contributed by atoms with Gasteiger partial charge in [0.25, 0.3) is 0 Å². The highest BCUT2D eigenvalue weighted by Gasteiger charge is 1.98. The van der Waals surface area contributed by atoms with Crippen molar-refractivity contribution in [3.63, 3.8) is 0 Å². The first-order valence-corrected chi connectivity index (χ1v) is 6.64. The number of nitrogens with one attached hydrogen (secondary N) is 2. The third-order valence-electron chi connectivity index (χ3n) is 2.98. The van der Waals surface area contributed by atoms with Crippen LogP contribution < -0.4 is 0 Å². The zero-order valence-electron chi connectivity index (χ0n) is 10.6. The molecule has 0 unspecified atom stereocenters. The Bertz CT molecular complexity index is 354. The van der Waals surface area contributed by atoms with Gasteiger partial charge in [-0.2, -0.15) is 10.2 Å². The molecular formula is C12H20N6. The van der Waals surface area contributed by atoms with Crippen molar-refractivity contribution in [2.45, 2.75) is 51.4 Å². The van der Waals surface area contributed by atoms with Gasteiger partial charge < -0.3 is 0 Å². The Kier molecular flexibility index (Phi) is 5.36. The number of aryl methyl sites for hydroxylation is 2. The van der Waals surface area contributed by atoms with Crippen LogP contribution in [0.15, 0.2) is 12.7 Å². The van der Waals surface area contributed by atoms with E-state index in [4.69, 9.17) is 0 Å². The third kappa shape index (κ3) is 4.65. The standard InChI is InChI=1S/C12H20N6/c1(3-5-7-11-13-9-15-17-11)2-4-6-8-12-14-10-16-18-12/h9-10H,1-8H2,(H,13,15,17)(H,14,16,18). The molecule has 0 aliphatic carbocycles. The fraction of sp³-hybridized carbons (Fsp3) is 0.667. The van der Waals surface area contributed by atoms with Crippen molar-refractivity contribution in [3.05, 3.63) is 24.3 Å². The molecule has 6 heteroatoms. The number of unbranched alkanes of at least 4 members (excludes halogenated alkanes) is 5. The van der Waals surface area contributed by atoms with Gasteiger partial charge in [0, 0.05) is 12.8 Å². The smallest absolute Gasteiger partial charge is 0.150 e. The number of rotatable bonds is 9. The number of nitrogens with zero attached hydrogens (tertiary/aromatic N) is 4. The van der Waals surface area contributed by atoms with E-state index < -0.39 is 0 Å². The second kappa shape index (κ2) is 7.58. The molecule has 2 aromatic heterocycles. The van der Waals surface area contributed by atoms with Crippen LogP contribution in [0, 0.1) is 0 Å². The Morgan fingerprint density at radius 1 is 0.667 bits per heavy atom. The zero-order valence-corrected chi connectivity index (χ0v) is 10.6. The van der Waals surface area contributed by atoms with Crippen molar-refractivity contribution in [2.24, 2.45) is 0 Å². The maximum Gasteiger partial charge on any atom is 0.150 e. The quantitative estimate of drug-likeness (QED) is 0.665. The normalized spacial score (nSPS) is 10.9. The van der Waals surface area contributed by atoms with Crippen LogP contribution >= 0.6 is 0 Å². The van der Waals surface area contributed by atoms with Gasteiger partial charge in [-0.3, -0.25) is 10.2 Å². The van der Waals surface area contributed by atoms with E-state index in [0.29, 0.717) is 0 Å². The van der Waals surface area contributed by atoms with E-state index in [1.807, 2.05) is 0 Å². The van der Waals surface area contributed by atoms with Gasteiger partial charge in [0.15, 0.2) is 0 Å². The molecule has 0 bridgehead atoms. The van der Waals surface area contributed by atoms with E-state index in [0.717, 1.165) is 24.5 Å². The molecule has 0 spiro atoms. The molecule has 2 heterocycles.